The Hall–Kier alpha value is -2.86. The van der Waals surface area contributed by atoms with Crippen molar-refractivity contribution in [2.24, 2.45) is 0 Å². The van der Waals surface area contributed by atoms with Crippen molar-refractivity contribution in [3.8, 4) is 11.4 Å². The van der Waals surface area contributed by atoms with Crippen LogP contribution in [0.2, 0.25) is 5.02 Å². The zero-order valence-corrected chi connectivity index (χ0v) is 14.9. The van der Waals surface area contributed by atoms with E-state index >= 15 is 0 Å². The molecule has 0 aliphatic rings. The number of nitrogens with one attached hydrogen (secondary N) is 2. The molecule has 134 valence electrons. The van der Waals surface area contributed by atoms with E-state index in [1.54, 1.807) is 12.1 Å². The van der Waals surface area contributed by atoms with Crippen LogP contribution in [-0.4, -0.2) is 22.7 Å². The average molecular weight is 371 g/mol. The fourth-order valence-corrected chi connectivity index (χ4v) is 2.53. The quantitative estimate of drug-likeness (QED) is 0.619. The lowest BCUT2D eigenvalue weighted by molar-refractivity contribution is 0.238. The van der Waals surface area contributed by atoms with Gasteiger partial charge in [-0.05, 0) is 42.7 Å². The van der Waals surface area contributed by atoms with Gasteiger partial charge < -0.3 is 15.2 Å². The van der Waals surface area contributed by atoms with Crippen LogP contribution in [0.15, 0.2) is 59.1 Å². The first-order valence-electron chi connectivity index (χ1n) is 8.35. The normalized spacial score (nSPS) is 10.5. The summed E-state index contributed by atoms with van der Waals surface area (Å²) in [7, 11) is 0. The molecule has 0 atom stereocenters. The molecule has 2 N–H and O–H groups in total. The van der Waals surface area contributed by atoms with Gasteiger partial charge in [0.15, 0.2) is 0 Å². The second-order valence-corrected chi connectivity index (χ2v) is 6.15. The van der Waals surface area contributed by atoms with E-state index in [1.807, 2.05) is 30.3 Å². The maximum absolute atomic E-state index is 11.8. The first-order valence-corrected chi connectivity index (χ1v) is 8.72. The summed E-state index contributed by atoms with van der Waals surface area (Å²) < 4.78 is 5.15. The molecule has 0 fully saturated rings. The number of rotatable bonds is 7. The van der Waals surface area contributed by atoms with E-state index in [-0.39, 0.29) is 12.6 Å². The number of carbonyl (C=O) groups excluding carboxylic acids is 1. The van der Waals surface area contributed by atoms with Gasteiger partial charge in [0, 0.05) is 17.1 Å². The number of urea groups is 1. The van der Waals surface area contributed by atoms with Crippen LogP contribution in [0.25, 0.3) is 11.4 Å². The van der Waals surface area contributed by atoms with Crippen LogP contribution in [-0.2, 0) is 13.0 Å². The van der Waals surface area contributed by atoms with Gasteiger partial charge in [0.1, 0.15) is 0 Å². The molecule has 3 rings (SSSR count). The third-order valence-electron chi connectivity index (χ3n) is 3.74. The Labute approximate surface area is 156 Å². The van der Waals surface area contributed by atoms with Crippen molar-refractivity contribution >= 4 is 17.6 Å². The molecule has 0 saturated carbocycles. The molecular weight excluding hydrogens is 352 g/mol. The molecule has 7 heteroatoms. The Bertz CT molecular complexity index is 834. The van der Waals surface area contributed by atoms with Crippen molar-refractivity contribution in [2.75, 3.05) is 6.54 Å². The van der Waals surface area contributed by atoms with E-state index in [2.05, 4.69) is 32.9 Å². The topological polar surface area (TPSA) is 80.0 Å². The third-order valence-corrected chi connectivity index (χ3v) is 3.99. The lowest BCUT2D eigenvalue weighted by Gasteiger charge is -2.05. The minimum absolute atomic E-state index is 0.172. The molecular formula is C19H19ClN4O2. The number of benzene rings is 2. The molecule has 2 amide bonds. The smallest absolute Gasteiger partial charge is 0.315 e. The zero-order chi connectivity index (χ0) is 18.2. The van der Waals surface area contributed by atoms with Gasteiger partial charge in [-0.3, -0.25) is 0 Å². The molecule has 6 nitrogen and oxygen atoms in total. The summed E-state index contributed by atoms with van der Waals surface area (Å²) >= 11 is 5.86. The van der Waals surface area contributed by atoms with Crippen LogP contribution in [0, 0.1) is 0 Å². The highest BCUT2D eigenvalue weighted by Crippen LogP contribution is 2.18. The Morgan fingerprint density at radius 3 is 2.58 bits per heavy atom. The maximum atomic E-state index is 11.8. The molecule has 1 heterocycles. The Kier molecular flexibility index (Phi) is 6.22. The van der Waals surface area contributed by atoms with Gasteiger partial charge in [0.2, 0.25) is 11.7 Å². The Morgan fingerprint density at radius 1 is 1.04 bits per heavy atom. The van der Waals surface area contributed by atoms with Crippen LogP contribution in [0.3, 0.4) is 0 Å². The summed E-state index contributed by atoms with van der Waals surface area (Å²) in [5.41, 5.74) is 2.06. The number of aromatic nitrogens is 2. The van der Waals surface area contributed by atoms with Gasteiger partial charge in [-0.15, -0.1) is 0 Å². The van der Waals surface area contributed by atoms with Crippen LogP contribution < -0.4 is 10.6 Å². The van der Waals surface area contributed by atoms with Gasteiger partial charge in [0.05, 0.1) is 6.54 Å². The number of halogens is 1. The molecule has 0 bridgehead atoms. The number of hydrogen-bond donors (Lipinski definition) is 2. The highest BCUT2D eigenvalue weighted by molar-refractivity contribution is 6.30. The predicted octanol–water partition coefficient (Wildman–Crippen LogP) is 3.82. The Balaban J connectivity index is 1.38. The lowest BCUT2D eigenvalue weighted by atomic mass is 10.1. The van der Waals surface area contributed by atoms with Crippen molar-refractivity contribution in [1.82, 2.24) is 20.8 Å². The first kappa shape index (κ1) is 17.9. The molecule has 0 aliphatic carbocycles. The SMILES string of the molecule is O=C(NCCCc1ccccc1)NCc1nc(-c2ccc(Cl)cc2)no1. The van der Waals surface area contributed by atoms with Crippen molar-refractivity contribution < 1.29 is 9.32 Å². The van der Waals surface area contributed by atoms with Crippen LogP contribution in [0.4, 0.5) is 4.79 Å². The molecule has 0 saturated heterocycles. The number of nitrogens with zero attached hydrogens (tertiary/aromatic N) is 2. The van der Waals surface area contributed by atoms with E-state index in [0.717, 1.165) is 18.4 Å². The first-order chi connectivity index (χ1) is 12.7. The second-order valence-electron chi connectivity index (χ2n) is 5.72. The van der Waals surface area contributed by atoms with E-state index in [1.165, 1.54) is 5.56 Å². The van der Waals surface area contributed by atoms with E-state index in [9.17, 15) is 4.79 Å². The number of hydrogen-bond acceptors (Lipinski definition) is 4. The third kappa shape index (κ3) is 5.32. The van der Waals surface area contributed by atoms with Crippen molar-refractivity contribution in [2.45, 2.75) is 19.4 Å². The van der Waals surface area contributed by atoms with Gasteiger partial charge >= 0.3 is 6.03 Å². The summed E-state index contributed by atoms with van der Waals surface area (Å²) in [5.74, 6) is 0.802. The van der Waals surface area contributed by atoms with E-state index in [0.29, 0.717) is 23.3 Å². The van der Waals surface area contributed by atoms with Crippen LogP contribution >= 0.6 is 11.6 Å². The van der Waals surface area contributed by atoms with Crippen LogP contribution in [0.5, 0.6) is 0 Å². The fraction of sp³-hybridized carbons (Fsp3) is 0.211. The number of amides is 2. The molecule has 0 spiro atoms. The van der Waals surface area contributed by atoms with E-state index < -0.39 is 0 Å². The highest BCUT2D eigenvalue weighted by atomic mass is 35.5. The highest BCUT2D eigenvalue weighted by Gasteiger charge is 2.09. The van der Waals surface area contributed by atoms with Crippen LogP contribution in [0.1, 0.15) is 17.9 Å². The number of carbonyl (C=O) groups is 1. The molecule has 3 aromatic rings. The van der Waals surface area contributed by atoms with Gasteiger partial charge in [-0.25, -0.2) is 4.79 Å². The van der Waals surface area contributed by atoms with Crippen molar-refractivity contribution in [3.63, 3.8) is 0 Å². The molecule has 1 aromatic heterocycles. The summed E-state index contributed by atoms with van der Waals surface area (Å²) in [5, 5.41) is 10.1. The minimum atomic E-state index is -0.260. The lowest BCUT2D eigenvalue weighted by Crippen LogP contribution is -2.35. The molecule has 0 radical (unpaired) electrons. The zero-order valence-electron chi connectivity index (χ0n) is 14.1. The van der Waals surface area contributed by atoms with Gasteiger partial charge in [-0.1, -0.05) is 47.1 Å². The summed E-state index contributed by atoms with van der Waals surface area (Å²) in [6.45, 7) is 0.770. The molecule has 0 unspecified atom stereocenters. The Morgan fingerprint density at radius 2 is 1.81 bits per heavy atom. The predicted molar refractivity (Wildman–Crippen MR) is 99.7 cm³/mol. The minimum Gasteiger partial charge on any atom is -0.338 e. The standard InChI is InChI=1S/C19H19ClN4O2/c20-16-10-8-15(9-11-16)18-23-17(26-24-18)13-22-19(25)21-12-4-7-14-5-2-1-3-6-14/h1-3,5-6,8-11H,4,7,12-13H2,(H2,21,22,25). The summed E-state index contributed by atoms with van der Waals surface area (Å²) in [6, 6.07) is 17.0. The summed E-state index contributed by atoms with van der Waals surface area (Å²) in [4.78, 5) is 16.1. The maximum Gasteiger partial charge on any atom is 0.315 e. The fourth-order valence-electron chi connectivity index (χ4n) is 2.40. The number of aryl methyl sites for hydroxylation is 1. The molecule has 2 aromatic carbocycles. The molecule has 0 aliphatic heterocycles. The second kappa shape index (κ2) is 9.01. The molecule has 26 heavy (non-hydrogen) atoms. The van der Waals surface area contributed by atoms with E-state index in [4.69, 9.17) is 16.1 Å². The van der Waals surface area contributed by atoms with Crippen molar-refractivity contribution in [3.05, 3.63) is 71.1 Å². The van der Waals surface area contributed by atoms with Gasteiger partial charge in [-0.2, -0.15) is 4.98 Å². The van der Waals surface area contributed by atoms with Crippen molar-refractivity contribution in [1.29, 1.82) is 0 Å². The monoisotopic (exact) mass is 370 g/mol. The summed E-state index contributed by atoms with van der Waals surface area (Å²) in [6.07, 6.45) is 1.80. The average Bonchev–Trinajstić information content (AvgIpc) is 3.14. The van der Waals surface area contributed by atoms with Gasteiger partial charge in [0.25, 0.3) is 0 Å². The largest absolute Gasteiger partial charge is 0.338 e.